The maximum atomic E-state index is 12.8. The summed E-state index contributed by atoms with van der Waals surface area (Å²) in [5.41, 5.74) is 0.859. The molecule has 0 aromatic heterocycles. The van der Waals surface area contributed by atoms with Gasteiger partial charge in [-0.05, 0) is 36.5 Å². The first-order chi connectivity index (χ1) is 6.58. The molecule has 1 unspecified atom stereocenters. The molecular formula is C12H17FO. The summed E-state index contributed by atoms with van der Waals surface area (Å²) in [6, 6.07) is 6.40. The van der Waals surface area contributed by atoms with Crippen molar-refractivity contribution in [3.63, 3.8) is 0 Å². The third kappa shape index (κ3) is 3.88. The molecule has 1 aromatic carbocycles. The molecule has 0 aliphatic rings. The van der Waals surface area contributed by atoms with Crippen LogP contribution in [0.4, 0.5) is 4.39 Å². The Bertz CT molecular complexity index is 283. The van der Waals surface area contributed by atoms with Crippen molar-refractivity contribution in [1.29, 1.82) is 0 Å². The van der Waals surface area contributed by atoms with E-state index < -0.39 is 0 Å². The highest BCUT2D eigenvalue weighted by Gasteiger charge is 2.08. The molecular weight excluding hydrogens is 179 g/mol. The average molecular weight is 196 g/mol. The summed E-state index contributed by atoms with van der Waals surface area (Å²) in [7, 11) is 0. The van der Waals surface area contributed by atoms with Gasteiger partial charge in [-0.25, -0.2) is 4.39 Å². The fraction of sp³-hybridized carbons (Fsp3) is 0.500. The standard InChI is InChI=1S/C12H17FO/c1-9(2)6-12(14)8-10-4-3-5-11(13)7-10/h3-5,7,9,12,14H,6,8H2,1-2H3. The molecule has 0 aliphatic heterocycles. The highest BCUT2D eigenvalue weighted by atomic mass is 19.1. The Kier molecular flexibility index (Phi) is 4.08. The first kappa shape index (κ1) is 11.2. The molecule has 14 heavy (non-hydrogen) atoms. The van der Waals surface area contributed by atoms with Crippen LogP contribution >= 0.6 is 0 Å². The van der Waals surface area contributed by atoms with Gasteiger partial charge in [-0.3, -0.25) is 0 Å². The van der Waals surface area contributed by atoms with Crippen LogP contribution in [0.2, 0.25) is 0 Å². The third-order valence-corrected chi connectivity index (χ3v) is 2.10. The molecule has 0 radical (unpaired) electrons. The van der Waals surface area contributed by atoms with Crippen LogP contribution in [0.25, 0.3) is 0 Å². The lowest BCUT2D eigenvalue weighted by atomic mass is 10.00. The van der Waals surface area contributed by atoms with Gasteiger partial charge in [0.25, 0.3) is 0 Å². The van der Waals surface area contributed by atoms with Gasteiger partial charge >= 0.3 is 0 Å². The molecule has 0 fully saturated rings. The highest BCUT2D eigenvalue weighted by molar-refractivity contribution is 5.16. The quantitative estimate of drug-likeness (QED) is 0.785. The minimum Gasteiger partial charge on any atom is -0.393 e. The zero-order valence-corrected chi connectivity index (χ0v) is 8.70. The van der Waals surface area contributed by atoms with Crippen molar-refractivity contribution in [2.45, 2.75) is 32.8 Å². The van der Waals surface area contributed by atoms with E-state index in [0.29, 0.717) is 12.3 Å². The fourth-order valence-corrected chi connectivity index (χ4v) is 1.56. The Balaban J connectivity index is 2.51. The first-order valence-electron chi connectivity index (χ1n) is 5.00. The van der Waals surface area contributed by atoms with E-state index in [4.69, 9.17) is 0 Å². The Morgan fingerprint density at radius 3 is 2.64 bits per heavy atom. The molecule has 1 N–H and O–H groups in total. The normalized spacial score (nSPS) is 13.2. The molecule has 0 amide bonds. The van der Waals surface area contributed by atoms with E-state index in [2.05, 4.69) is 13.8 Å². The summed E-state index contributed by atoms with van der Waals surface area (Å²) in [6.45, 7) is 4.13. The van der Waals surface area contributed by atoms with Gasteiger partial charge in [0.15, 0.2) is 0 Å². The average Bonchev–Trinajstić information content (AvgIpc) is 2.01. The van der Waals surface area contributed by atoms with Gasteiger partial charge in [-0.2, -0.15) is 0 Å². The van der Waals surface area contributed by atoms with Crippen LogP contribution in [-0.4, -0.2) is 11.2 Å². The predicted molar refractivity (Wildman–Crippen MR) is 55.6 cm³/mol. The number of rotatable bonds is 4. The molecule has 1 rings (SSSR count). The van der Waals surface area contributed by atoms with Crippen LogP contribution in [0.5, 0.6) is 0 Å². The van der Waals surface area contributed by atoms with Crippen LogP contribution in [0.3, 0.4) is 0 Å². The lowest BCUT2D eigenvalue weighted by Crippen LogP contribution is -2.13. The first-order valence-corrected chi connectivity index (χ1v) is 5.00. The Morgan fingerprint density at radius 2 is 2.07 bits per heavy atom. The molecule has 0 bridgehead atoms. The number of hydrogen-bond donors (Lipinski definition) is 1. The SMILES string of the molecule is CC(C)CC(O)Cc1cccc(F)c1. The lowest BCUT2D eigenvalue weighted by Gasteiger charge is -2.12. The smallest absolute Gasteiger partial charge is 0.123 e. The molecule has 2 heteroatoms. The summed E-state index contributed by atoms with van der Waals surface area (Å²) >= 11 is 0. The van der Waals surface area contributed by atoms with Crippen LogP contribution in [0.15, 0.2) is 24.3 Å². The lowest BCUT2D eigenvalue weighted by molar-refractivity contribution is 0.149. The van der Waals surface area contributed by atoms with Gasteiger partial charge in [0, 0.05) is 0 Å². The molecule has 0 heterocycles. The van der Waals surface area contributed by atoms with Crippen molar-refractivity contribution in [1.82, 2.24) is 0 Å². The second kappa shape index (κ2) is 5.11. The highest BCUT2D eigenvalue weighted by Crippen LogP contribution is 2.11. The van der Waals surface area contributed by atoms with Gasteiger partial charge in [-0.1, -0.05) is 26.0 Å². The molecule has 0 saturated carbocycles. The van der Waals surface area contributed by atoms with Crippen molar-refractivity contribution in [2.24, 2.45) is 5.92 Å². The topological polar surface area (TPSA) is 20.2 Å². The number of hydrogen-bond acceptors (Lipinski definition) is 1. The maximum absolute atomic E-state index is 12.8. The third-order valence-electron chi connectivity index (χ3n) is 2.10. The molecule has 0 saturated heterocycles. The van der Waals surface area contributed by atoms with Gasteiger partial charge in [0.2, 0.25) is 0 Å². The van der Waals surface area contributed by atoms with E-state index in [1.807, 2.05) is 6.07 Å². The number of aliphatic hydroxyl groups excluding tert-OH is 1. The second-order valence-corrected chi connectivity index (χ2v) is 4.12. The molecule has 1 nitrogen and oxygen atoms in total. The van der Waals surface area contributed by atoms with Gasteiger partial charge in [0.1, 0.15) is 5.82 Å². The molecule has 0 spiro atoms. The summed E-state index contributed by atoms with van der Waals surface area (Å²) in [6.07, 6.45) is 0.934. The Hall–Kier alpha value is -0.890. The minimum absolute atomic E-state index is 0.237. The zero-order valence-electron chi connectivity index (χ0n) is 8.70. The molecule has 78 valence electrons. The Labute approximate surface area is 84.6 Å². The van der Waals surface area contributed by atoms with Crippen molar-refractivity contribution in [3.8, 4) is 0 Å². The zero-order chi connectivity index (χ0) is 10.6. The van der Waals surface area contributed by atoms with Gasteiger partial charge in [-0.15, -0.1) is 0 Å². The van der Waals surface area contributed by atoms with Crippen molar-refractivity contribution < 1.29 is 9.50 Å². The Morgan fingerprint density at radius 1 is 1.36 bits per heavy atom. The van der Waals surface area contributed by atoms with E-state index in [9.17, 15) is 9.50 Å². The second-order valence-electron chi connectivity index (χ2n) is 4.12. The van der Waals surface area contributed by atoms with Crippen LogP contribution in [-0.2, 0) is 6.42 Å². The van der Waals surface area contributed by atoms with Crippen molar-refractivity contribution >= 4 is 0 Å². The molecule has 0 aliphatic carbocycles. The van der Waals surface area contributed by atoms with Gasteiger partial charge in [0.05, 0.1) is 6.10 Å². The monoisotopic (exact) mass is 196 g/mol. The van der Waals surface area contributed by atoms with Crippen molar-refractivity contribution in [2.75, 3.05) is 0 Å². The predicted octanol–water partition coefficient (Wildman–Crippen LogP) is 2.78. The van der Waals surface area contributed by atoms with E-state index >= 15 is 0 Å². The maximum Gasteiger partial charge on any atom is 0.123 e. The summed E-state index contributed by atoms with van der Waals surface area (Å²) in [4.78, 5) is 0. The largest absolute Gasteiger partial charge is 0.393 e. The molecule has 1 atom stereocenters. The van der Waals surface area contributed by atoms with E-state index in [0.717, 1.165) is 12.0 Å². The minimum atomic E-state index is -0.364. The summed E-state index contributed by atoms with van der Waals surface area (Å²) in [5, 5.41) is 9.64. The van der Waals surface area contributed by atoms with Crippen LogP contribution < -0.4 is 0 Å². The van der Waals surface area contributed by atoms with Crippen LogP contribution in [0, 0.1) is 11.7 Å². The van der Waals surface area contributed by atoms with E-state index in [1.54, 1.807) is 6.07 Å². The van der Waals surface area contributed by atoms with Gasteiger partial charge < -0.3 is 5.11 Å². The van der Waals surface area contributed by atoms with Crippen molar-refractivity contribution in [3.05, 3.63) is 35.6 Å². The fourth-order valence-electron chi connectivity index (χ4n) is 1.56. The summed E-state index contributed by atoms with van der Waals surface area (Å²) in [5.74, 6) is 0.234. The number of benzene rings is 1. The number of halogens is 1. The van der Waals surface area contributed by atoms with E-state index in [1.165, 1.54) is 12.1 Å². The molecule has 1 aromatic rings. The van der Waals surface area contributed by atoms with E-state index in [-0.39, 0.29) is 11.9 Å². The number of aliphatic hydroxyl groups is 1. The van der Waals surface area contributed by atoms with Crippen LogP contribution in [0.1, 0.15) is 25.8 Å². The summed E-state index contributed by atoms with van der Waals surface area (Å²) < 4.78 is 12.8.